The van der Waals surface area contributed by atoms with E-state index in [1.807, 2.05) is 21.0 Å². The molecule has 0 saturated carbocycles. The predicted molar refractivity (Wildman–Crippen MR) is 96.1 cm³/mol. The lowest BCUT2D eigenvalue weighted by molar-refractivity contribution is 0.0752. The van der Waals surface area contributed by atoms with Gasteiger partial charge < -0.3 is 9.80 Å². The first-order chi connectivity index (χ1) is 11.5. The van der Waals surface area contributed by atoms with Gasteiger partial charge in [0.25, 0.3) is 5.91 Å². The molecule has 0 unspecified atom stereocenters. The molecule has 4 heteroatoms. The minimum atomic E-state index is -0.0210. The second kappa shape index (κ2) is 8.41. The standard InChI is InChI=1S/C20H24N2O2/c1-4-22(20(24)19-11-9-18(15-23)10-12-19)14-17-7-5-16(6-8-17)13-21(2)3/h5-12,15H,4,13-14H2,1-3H3. The highest BCUT2D eigenvalue weighted by Crippen LogP contribution is 2.12. The quantitative estimate of drug-likeness (QED) is 0.734. The van der Waals surface area contributed by atoms with Crippen molar-refractivity contribution >= 4 is 12.2 Å². The highest BCUT2D eigenvalue weighted by atomic mass is 16.2. The van der Waals surface area contributed by atoms with Crippen LogP contribution in [0.25, 0.3) is 0 Å². The van der Waals surface area contributed by atoms with E-state index < -0.39 is 0 Å². The van der Waals surface area contributed by atoms with E-state index >= 15 is 0 Å². The van der Waals surface area contributed by atoms with E-state index in [1.165, 1.54) is 5.56 Å². The van der Waals surface area contributed by atoms with Crippen molar-refractivity contribution < 1.29 is 9.59 Å². The van der Waals surface area contributed by atoms with Gasteiger partial charge in [-0.05, 0) is 44.3 Å². The van der Waals surface area contributed by atoms with Crippen LogP contribution in [0.15, 0.2) is 48.5 Å². The number of carbonyl (C=O) groups excluding carboxylic acids is 2. The molecule has 0 radical (unpaired) electrons. The van der Waals surface area contributed by atoms with Crippen molar-refractivity contribution in [3.63, 3.8) is 0 Å². The lowest BCUT2D eigenvalue weighted by Crippen LogP contribution is -2.30. The average molecular weight is 324 g/mol. The van der Waals surface area contributed by atoms with E-state index in [0.29, 0.717) is 24.2 Å². The number of hydrogen-bond donors (Lipinski definition) is 0. The zero-order chi connectivity index (χ0) is 17.5. The molecule has 0 aromatic heterocycles. The molecule has 0 saturated heterocycles. The Morgan fingerprint density at radius 3 is 1.92 bits per heavy atom. The van der Waals surface area contributed by atoms with Gasteiger partial charge in [-0.25, -0.2) is 0 Å². The minimum Gasteiger partial charge on any atom is -0.335 e. The molecule has 126 valence electrons. The summed E-state index contributed by atoms with van der Waals surface area (Å²) in [4.78, 5) is 27.3. The number of rotatable bonds is 7. The summed E-state index contributed by atoms with van der Waals surface area (Å²) in [6, 6.07) is 15.1. The van der Waals surface area contributed by atoms with E-state index in [-0.39, 0.29) is 5.91 Å². The Bertz CT molecular complexity index is 676. The van der Waals surface area contributed by atoms with Crippen LogP contribution in [0.4, 0.5) is 0 Å². The molecule has 2 aromatic rings. The molecule has 0 heterocycles. The summed E-state index contributed by atoms with van der Waals surface area (Å²) in [5.74, 6) is -0.0210. The molecule has 0 aliphatic rings. The molecule has 0 bridgehead atoms. The van der Waals surface area contributed by atoms with Gasteiger partial charge in [0.05, 0.1) is 0 Å². The monoisotopic (exact) mass is 324 g/mol. The number of amides is 1. The molecule has 24 heavy (non-hydrogen) atoms. The molecule has 1 amide bonds. The SMILES string of the molecule is CCN(Cc1ccc(CN(C)C)cc1)C(=O)c1ccc(C=O)cc1. The molecule has 4 nitrogen and oxygen atoms in total. The van der Waals surface area contributed by atoms with E-state index in [4.69, 9.17) is 0 Å². The summed E-state index contributed by atoms with van der Waals surface area (Å²) in [5, 5.41) is 0. The number of aldehydes is 1. The number of carbonyl (C=O) groups is 2. The molecule has 0 atom stereocenters. The summed E-state index contributed by atoms with van der Waals surface area (Å²) in [6.07, 6.45) is 0.779. The summed E-state index contributed by atoms with van der Waals surface area (Å²) in [6.45, 7) is 4.08. The molecule has 0 aliphatic carbocycles. The maximum Gasteiger partial charge on any atom is 0.254 e. The zero-order valence-electron chi connectivity index (χ0n) is 14.5. The van der Waals surface area contributed by atoms with Crippen molar-refractivity contribution in [2.24, 2.45) is 0 Å². The number of nitrogens with zero attached hydrogens (tertiary/aromatic N) is 2. The predicted octanol–water partition coefficient (Wildman–Crippen LogP) is 3.22. The van der Waals surface area contributed by atoms with Gasteiger partial charge in [-0.1, -0.05) is 36.4 Å². The van der Waals surface area contributed by atoms with Gasteiger partial charge in [-0.15, -0.1) is 0 Å². The van der Waals surface area contributed by atoms with E-state index in [9.17, 15) is 9.59 Å². The van der Waals surface area contributed by atoms with Gasteiger partial charge in [-0.2, -0.15) is 0 Å². The molecule has 2 aromatic carbocycles. The summed E-state index contributed by atoms with van der Waals surface area (Å²) in [5.41, 5.74) is 3.54. The fourth-order valence-corrected chi connectivity index (χ4v) is 2.55. The molecule has 0 fully saturated rings. The fraction of sp³-hybridized carbons (Fsp3) is 0.300. The van der Waals surface area contributed by atoms with Gasteiger partial charge in [0, 0.05) is 30.8 Å². The van der Waals surface area contributed by atoms with Crippen LogP contribution in [-0.2, 0) is 13.1 Å². The van der Waals surface area contributed by atoms with E-state index in [1.54, 1.807) is 29.2 Å². The highest BCUT2D eigenvalue weighted by molar-refractivity contribution is 5.94. The van der Waals surface area contributed by atoms with Crippen LogP contribution in [0, 0.1) is 0 Å². The van der Waals surface area contributed by atoms with Crippen molar-refractivity contribution in [2.75, 3.05) is 20.6 Å². The lowest BCUT2D eigenvalue weighted by atomic mass is 10.1. The van der Waals surface area contributed by atoms with Gasteiger partial charge in [-0.3, -0.25) is 9.59 Å². The Morgan fingerprint density at radius 1 is 0.917 bits per heavy atom. The van der Waals surface area contributed by atoms with Crippen molar-refractivity contribution in [1.82, 2.24) is 9.80 Å². The van der Waals surface area contributed by atoms with Crippen molar-refractivity contribution in [3.05, 3.63) is 70.8 Å². The minimum absolute atomic E-state index is 0.0210. The van der Waals surface area contributed by atoms with Crippen LogP contribution in [0.2, 0.25) is 0 Å². The third-order valence-corrected chi connectivity index (χ3v) is 3.86. The van der Waals surface area contributed by atoms with Crippen molar-refractivity contribution in [1.29, 1.82) is 0 Å². The first-order valence-corrected chi connectivity index (χ1v) is 8.10. The van der Waals surface area contributed by atoms with Gasteiger partial charge in [0.1, 0.15) is 6.29 Å². The first-order valence-electron chi connectivity index (χ1n) is 8.10. The zero-order valence-corrected chi connectivity index (χ0v) is 14.5. The van der Waals surface area contributed by atoms with Crippen LogP contribution < -0.4 is 0 Å². The van der Waals surface area contributed by atoms with Crippen LogP contribution >= 0.6 is 0 Å². The van der Waals surface area contributed by atoms with E-state index in [2.05, 4.69) is 29.2 Å². The Hall–Kier alpha value is -2.46. The molecule has 0 aliphatic heterocycles. The van der Waals surface area contributed by atoms with Crippen LogP contribution in [0.3, 0.4) is 0 Å². The lowest BCUT2D eigenvalue weighted by Gasteiger charge is -2.21. The van der Waals surface area contributed by atoms with Gasteiger partial charge in [0.2, 0.25) is 0 Å². The van der Waals surface area contributed by atoms with Crippen molar-refractivity contribution in [3.8, 4) is 0 Å². The molecular weight excluding hydrogens is 300 g/mol. The average Bonchev–Trinajstić information content (AvgIpc) is 2.60. The molecule has 2 rings (SSSR count). The number of benzene rings is 2. The first kappa shape index (κ1) is 17.9. The van der Waals surface area contributed by atoms with Crippen LogP contribution in [0.5, 0.6) is 0 Å². The molecule has 0 N–H and O–H groups in total. The Morgan fingerprint density at radius 2 is 1.46 bits per heavy atom. The largest absolute Gasteiger partial charge is 0.335 e. The summed E-state index contributed by atoms with van der Waals surface area (Å²) < 4.78 is 0. The number of hydrogen-bond acceptors (Lipinski definition) is 3. The molecule has 0 spiro atoms. The smallest absolute Gasteiger partial charge is 0.254 e. The maximum atomic E-state index is 12.6. The van der Waals surface area contributed by atoms with Gasteiger partial charge in [0.15, 0.2) is 0 Å². The van der Waals surface area contributed by atoms with Crippen LogP contribution in [-0.4, -0.2) is 42.6 Å². The third-order valence-electron chi connectivity index (χ3n) is 3.86. The highest BCUT2D eigenvalue weighted by Gasteiger charge is 2.14. The van der Waals surface area contributed by atoms with Gasteiger partial charge >= 0.3 is 0 Å². The maximum absolute atomic E-state index is 12.6. The normalized spacial score (nSPS) is 10.7. The second-order valence-corrected chi connectivity index (χ2v) is 6.11. The summed E-state index contributed by atoms with van der Waals surface area (Å²) >= 11 is 0. The second-order valence-electron chi connectivity index (χ2n) is 6.11. The Balaban J connectivity index is 2.07. The Kier molecular flexibility index (Phi) is 6.27. The van der Waals surface area contributed by atoms with Crippen LogP contribution in [0.1, 0.15) is 38.8 Å². The third kappa shape index (κ3) is 4.77. The van der Waals surface area contributed by atoms with E-state index in [0.717, 1.165) is 18.4 Å². The molecular formula is C20H24N2O2. The Labute approximate surface area is 143 Å². The topological polar surface area (TPSA) is 40.6 Å². The van der Waals surface area contributed by atoms with Crippen molar-refractivity contribution in [2.45, 2.75) is 20.0 Å². The fourth-order valence-electron chi connectivity index (χ4n) is 2.55. The summed E-state index contributed by atoms with van der Waals surface area (Å²) in [7, 11) is 4.09.